The van der Waals surface area contributed by atoms with Crippen molar-refractivity contribution in [1.82, 2.24) is 10.3 Å². The van der Waals surface area contributed by atoms with Crippen LogP contribution in [0.5, 0.6) is 0 Å². The number of hydrogen-bond acceptors (Lipinski definition) is 3. The molecule has 0 saturated heterocycles. The average molecular weight is 266 g/mol. The fraction of sp³-hybridized carbons (Fsp3) is 0.0625. The van der Waals surface area contributed by atoms with E-state index >= 15 is 0 Å². The summed E-state index contributed by atoms with van der Waals surface area (Å²) >= 11 is 0. The molecule has 0 radical (unpaired) electrons. The monoisotopic (exact) mass is 266 g/mol. The van der Waals surface area contributed by atoms with Crippen LogP contribution in [-0.2, 0) is 16.0 Å². The zero-order valence-electron chi connectivity index (χ0n) is 10.8. The lowest BCUT2D eigenvalue weighted by Gasteiger charge is -2.04. The van der Waals surface area contributed by atoms with Crippen molar-refractivity contribution in [2.75, 3.05) is 0 Å². The van der Waals surface area contributed by atoms with E-state index in [1.165, 1.54) is 0 Å². The van der Waals surface area contributed by atoms with Crippen molar-refractivity contribution in [3.8, 4) is 0 Å². The Balaban J connectivity index is 2.02. The van der Waals surface area contributed by atoms with Crippen molar-refractivity contribution < 1.29 is 9.59 Å². The summed E-state index contributed by atoms with van der Waals surface area (Å²) in [6, 6.07) is 14.7. The topological polar surface area (TPSA) is 59.1 Å². The SMILES string of the molecule is O=C/C(=C\c1ccccc1)NC(=O)Cc1ccccn1. The smallest absolute Gasteiger partial charge is 0.230 e. The van der Waals surface area contributed by atoms with Gasteiger partial charge in [0.15, 0.2) is 6.29 Å². The lowest BCUT2D eigenvalue weighted by molar-refractivity contribution is -0.120. The van der Waals surface area contributed by atoms with E-state index < -0.39 is 0 Å². The highest BCUT2D eigenvalue weighted by Crippen LogP contribution is 2.04. The van der Waals surface area contributed by atoms with Crippen LogP contribution in [0.3, 0.4) is 0 Å². The summed E-state index contributed by atoms with van der Waals surface area (Å²) in [4.78, 5) is 26.9. The molecule has 0 fully saturated rings. The molecule has 2 rings (SSSR count). The molecule has 0 bridgehead atoms. The zero-order valence-corrected chi connectivity index (χ0v) is 10.8. The Bertz CT molecular complexity index is 607. The normalized spacial score (nSPS) is 10.9. The van der Waals surface area contributed by atoms with Gasteiger partial charge in [-0.25, -0.2) is 0 Å². The van der Waals surface area contributed by atoms with Gasteiger partial charge in [-0.3, -0.25) is 14.6 Å². The molecule has 1 heterocycles. The fourth-order valence-electron chi connectivity index (χ4n) is 1.70. The number of carbonyl (C=O) groups excluding carboxylic acids is 2. The van der Waals surface area contributed by atoms with E-state index in [0.29, 0.717) is 12.0 Å². The number of hydrogen-bond donors (Lipinski definition) is 1. The van der Waals surface area contributed by atoms with Gasteiger partial charge in [-0.05, 0) is 23.8 Å². The summed E-state index contributed by atoms with van der Waals surface area (Å²) in [7, 11) is 0. The van der Waals surface area contributed by atoms with E-state index in [-0.39, 0.29) is 18.0 Å². The molecule has 4 nitrogen and oxygen atoms in total. The Hall–Kier alpha value is -2.75. The number of carbonyl (C=O) groups is 2. The van der Waals surface area contributed by atoms with Crippen molar-refractivity contribution in [2.45, 2.75) is 6.42 Å². The minimum absolute atomic E-state index is 0.140. The molecule has 2 aromatic rings. The number of nitrogens with one attached hydrogen (secondary N) is 1. The van der Waals surface area contributed by atoms with Crippen molar-refractivity contribution >= 4 is 18.3 Å². The Morgan fingerprint density at radius 2 is 1.85 bits per heavy atom. The van der Waals surface area contributed by atoms with Gasteiger partial charge in [-0.2, -0.15) is 0 Å². The number of nitrogens with zero attached hydrogens (tertiary/aromatic N) is 1. The van der Waals surface area contributed by atoms with Crippen LogP contribution in [0.4, 0.5) is 0 Å². The predicted molar refractivity (Wildman–Crippen MR) is 76.6 cm³/mol. The average Bonchev–Trinajstić information content (AvgIpc) is 2.48. The molecule has 1 N–H and O–H groups in total. The maximum absolute atomic E-state index is 11.8. The number of aromatic nitrogens is 1. The maximum Gasteiger partial charge on any atom is 0.230 e. The number of pyridine rings is 1. The second-order valence-electron chi connectivity index (χ2n) is 4.17. The Labute approximate surface area is 117 Å². The third-order valence-corrected chi connectivity index (χ3v) is 2.60. The van der Waals surface area contributed by atoms with Crippen molar-refractivity contribution in [3.05, 3.63) is 71.7 Å². The van der Waals surface area contributed by atoms with Crippen LogP contribution in [0.1, 0.15) is 11.3 Å². The number of amides is 1. The van der Waals surface area contributed by atoms with E-state index in [1.54, 1.807) is 24.4 Å². The van der Waals surface area contributed by atoms with Gasteiger partial charge in [-0.15, -0.1) is 0 Å². The first-order valence-electron chi connectivity index (χ1n) is 6.19. The van der Waals surface area contributed by atoms with Gasteiger partial charge in [0.2, 0.25) is 5.91 Å². The van der Waals surface area contributed by atoms with Crippen LogP contribution in [0.2, 0.25) is 0 Å². The van der Waals surface area contributed by atoms with Gasteiger partial charge in [0.05, 0.1) is 12.1 Å². The molecule has 1 amide bonds. The largest absolute Gasteiger partial charge is 0.323 e. The summed E-state index contributed by atoms with van der Waals surface area (Å²) in [6.07, 6.45) is 4.02. The van der Waals surface area contributed by atoms with E-state index in [4.69, 9.17) is 0 Å². The molecule has 100 valence electrons. The van der Waals surface area contributed by atoms with Gasteiger partial charge in [0, 0.05) is 11.9 Å². The lowest BCUT2D eigenvalue weighted by atomic mass is 10.2. The molecule has 0 aliphatic rings. The minimum Gasteiger partial charge on any atom is -0.323 e. The van der Waals surface area contributed by atoms with Gasteiger partial charge in [0.25, 0.3) is 0 Å². The van der Waals surface area contributed by atoms with Crippen molar-refractivity contribution in [3.63, 3.8) is 0 Å². The van der Waals surface area contributed by atoms with Gasteiger partial charge in [-0.1, -0.05) is 36.4 Å². The van der Waals surface area contributed by atoms with E-state index in [9.17, 15) is 9.59 Å². The first-order valence-corrected chi connectivity index (χ1v) is 6.19. The highest BCUT2D eigenvalue weighted by Gasteiger charge is 2.06. The summed E-state index contributed by atoms with van der Waals surface area (Å²) in [5.41, 5.74) is 1.75. The van der Waals surface area contributed by atoms with E-state index in [1.807, 2.05) is 36.4 Å². The highest BCUT2D eigenvalue weighted by atomic mass is 16.2. The van der Waals surface area contributed by atoms with Gasteiger partial charge in [0.1, 0.15) is 0 Å². The quantitative estimate of drug-likeness (QED) is 0.665. The molecule has 4 heteroatoms. The van der Waals surface area contributed by atoms with Gasteiger partial charge < -0.3 is 5.32 Å². The number of rotatable bonds is 5. The molecule has 1 aromatic carbocycles. The van der Waals surface area contributed by atoms with E-state index in [0.717, 1.165) is 5.56 Å². The number of allylic oxidation sites excluding steroid dienone is 1. The predicted octanol–water partition coefficient (Wildman–Crippen LogP) is 1.98. The second-order valence-corrected chi connectivity index (χ2v) is 4.17. The van der Waals surface area contributed by atoms with Crippen LogP contribution in [0.15, 0.2) is 60.4 Å². The van der Waals surface area contributed by atoms with Crippen molar-refractivity contribution in [1.29, 1.82) is 0 Å². The standard InChI is InChI=1S/C16H14N2O2/c19-12-15(10-13-6-2-1-3-7-13)18-16(20)11-14-8-4-5-9-17-14/h1-10,12H,11H2,(H,18,20)/b15-10+. The minimum atomic E-state index is -0.266. The third kappa shape index (κ3) is 4.17. The molecule has 0 atom stereocenters. The summed E-state index contributed by atoms with van der Waals surface area (Å²) in [6.45, 7) is 0. The summed E-state index contributed by atoms with van der Waals surface area (Å²) in [5.74, 6) is -0.266. The Kier molecular flexibility index (Phi) is 4.78. The van der Waals surface area contributed by atoms with E-state index in [2.05, 4.69) is 10.3 Å². The Morgan fingerprint density at radius 3 is 2.50 bits per heavy atom. The van der Waals surface area contributed by atoms with Crippen LogP contribution in [0, 0.1) is 0 Å². The summed E-state index contributed by atoms with van der Waals surface area (Å²) < 4.78 is 0. The Morgan fingerprint density at radius 1 is 1.10 bits per heavy atom. The second kappa shape index (κ2) is 6.99. The molecule has 0 aliphatic carbocycles. The molecule has 1 aromatic heterocycles. The zero-order chi connectivity index (χ0) is 14.2. The molecular formula is C16H14N2O2. The number of aldehydes is 1. The molecule has 20 heavy (non-hydrogen) atoms. The molecule has 0 aliphatic heterocycles. The molecule has 0 unspecified atom stereocenters. The first-order chi connectivity index (χ1) is 9.78. The van der Waals surface area contributed by atoms with Crippen LogP contribution in [-0.4, -0.2) is 17.2 Å². The van der Waals surface area contributed by atoms with Crippen molar-refractivity contribution in [2.24, 2.45) is 0 Å². The first kappa shape index (κ1) is 13.7. The maximum atomic E-state index is 11.8. The molecule has 0 spiro atoms. The van der Waals surface area contributed by atoms with Crippen LogP contribution < -0.4 is 5.32 Å². The summed E-state index contributed by atoms with van der Waals surface area (Å²) in [5, 5.41) is 2.58. The molecular weight excluding hydrogens is 252 g/mol. The fourth-order valence-corrected chi connectivity index (χ4v) is 1.70. The van der Waals surface area contributed by atoms with Crippen LogP contribution >= 0.6 is 0 Å². The third-order valence-electron chi connectivity index (χ3n) is 2.60. The van der Waals surface area contributed by atoms with Gasteiger partial charge >= 0.3 is 0 Å². The molecule has 0 saturated carbocycles. The highest BCUT2D eigenvalue weighted by molar-refractivity contribution is 5.90. The lowest BCUT2D eigenvalue weighted by Crippen LogP contribution is -2.25. The van der Waals surface area contributed by atoms with Crippen LogP contribution in [0.25, 0.3) is 6.08 Å². The number of benzene rings is 1.